The molecule has 0 aliphatic carbocycles. The van der Waals surface area contributed by atoms with Gasteiger partial charge in [0.25, 0.3) is 0 Å². The van der Waals surface area contributed by atoms with Crippen LogP contribution in [0.5, 0.6) is 5.75 Å². The second-order valence-electron chi connectivity index (χ2n) is 6.66. The van der Waals surface area contributed by atoms with Gasteiger partial charge in [0, 0.05) is 12.0 Å². The number of methoxy groups -OCH3 is 1. The number of benzene rings is 1. The minimum Gasteiger partial charge on any atom is -0.497 e. The molecule has 28 heavy (non-hydrogen) atoms. The molecule has 0 unspecified atom stereocenters. The summed E-state index contributed by atoms with van der Waals surface area (Å²) in [5.74, 6) is 0.409. The fourth-order valence-corrected chi connectivity index (χ4v) is 3.34. The molecule has 0 saturated carbocycles. The highest BCUT2D eigenvalue weighted by Gasteiger charge is 2.26. The van der Waals surface area contributed by atoms with Gasteiger partial charge in [-0.05, 0) is 36.6 Å². The van der Waals surface area contributed by atoms with Crippen LogP contribution in [0, 0.1) is 5.92 Å². The average Bonchev–Trinajstić information content (AvgIpc) is 3.18. The predicted molar refractivity (Wildman–Crippen MR) is 111 cm³/mol. The topological polar surface area (TPSA) is 93.2 Å². The quantitative estimate of drug-likeness (QED) is 0.627. The molecule has 0 fully saturated rings. The lowest BCUT2D eigenvalue weighted by Crippen LogP contribution is -2.47. The molecule has 1 aromatic carbocycles. The maximum Gasteiger partial charge on any atom is 0.249 e. The van der Waals surface area contributed by atoms with Gasteiger partial charge in [-0.25, -0.2) is 0 Å². The first-order valence-corrected chi connectivity index (χ1v) is 10.4. The molecule has 2 atom stereocenters. The first-order valence-electron chi connectivity index (χ1n) is 9.56. The molecule has 2 amide bonds. The highest BCUT2D eigenvalue weighted by molar-refractivity contribution is 7.18. The Hall–Kier alpha value is -2.48. The number of hydrogen-bond donors (Lipinski definition) is 2. The largest absolute Gasteiger partial charge is 0.497 e. The Labute approximate surface area is 169 Å². The Morgan fingerprint density at radius 2 is 1.89 bits per heavy atom. The highest BCUT2D eigenvalue weighted by Crippen LogP contribution is 2.28. The van der Waals surface area contributed by atoms with E-state index < -0.39 is 6.04 Å². The average molecular weight is 405 g/mol. The maximum atomic E-state index is 12.7. The van der Waals surface area contributed by atoms with Crippen LogP contribution in [0.4, 0.5) is 5.13 Å². The zero-order valence-corrected chi connectivity index (χ0v) is 17.6. The number of hydrogen-bond acceptors (Lipinski definition) is 6. The first-order chi connectivity index (χ1) is 13.5. The molecule has 0 saturated heterocycles. The molecule has 0 spiro atoms. The van der Waals surface area contributed by atoms with Gasteiger partial charge in [0.1, 0.15) is 16.8 Å². The summed E-state index contributed by atoms with van der Waals surface area (Å²) in [6.45, 7) is 5.98. The van der Waals surface area contributed by atoms with Crippen molar-refractivity contribution in [2.45, 2.75) is 52.5 Å². The van der Waals surface area contributed by atoms with Crippen LogP contribution >= 0.6 is 11.3 Å². The number of amides is 2. The molecule has 0 aliphatic heterocycles. The van der Waals surface area contributed by atoms with E-state index in [4.69, 9.17) is 4.74 Å². The van der Waals surface area contributed by atoms with Crippen LogP contribution in [0.2, 0.25) is 0 Å². The number of carbonyl (C=O) groups is 2. The fourth-order valence-electron chi connectivity index (χ4n) is 2.59. The van der Waals surface area contributed by atoms with E-state index in [2.05, 4.69) is 20.8 Å². The Morgan fingerprint density at radius 1 is 1.18 bits per heavy atom. The molecular formula is C20H28N4O3S. The van der Waals surface area contributed by atoms with Crippen molar-refractivity contribution in [2.24, 2.45) is 5.92 Å². The SMILES string of the molecule is CCCCC(=O)N[C@@H](C(=O)Nc1nnc(-c2ccc(OC)cc2)s1)[C@@H](C)CC. The van der Waals surface area contributed by atoms with Crippen LogP contribution in [0.25, 0.3) is 10.6 Å². The van der Waals surface area contributed by atoms with Gasteiger partial charge in [-0.3, -0.25) is 14.9 Å². The van der Waals surface area contributed by atoms with Crippen molar-refractivity contribution < 1.29 is 14.3 Å². The van der Waals surface area contributed by atoms with Crippen LogP contribution in [0.15, 0.2) is 24.3 Å². The molecule has 1 heterocycles. The number of ether oxygens (including phenoxy) is 1. The molecule has 8 heteroatoms. The maximum absolute atomic E-state index is 12.7. The minimum absolute atomic E-state index is 0.0135. The predicted octanol–water partition coefficient (Wildman–Crippen LogP) is 3.87. The molecular weight excluding hydrogens is 376 g/mol. The summed E-state index contributed by atoms with van der Waals surface area (Å²) in [6.07, 6.45) is 2.95. The number of carbonyl (C=O) groups excluding carboxylic acids is 2. The van der Waals surface area contributed by atoms with Crippen LogP contribution < -0.4 is 15.4 Å². The molecule has 2 rings (SSSR count). The van der Waals surface area contributed by atoms with E-state index in [1.807, 2.05) is 45.0 Å². The van der Waals surface area contributed by atoms with Gasteiger partial charge in [-0.15, -0.1) is 10.2 Å². The summed E-state index contributed by atoms with van der Waals surface area (Å²) in [7, 11) is 1.61. The monoisotopic (exact) mass is 404 g/mol. The van der Waals surface area contributed by atoms with Gasteiger partial charge >= 0.3 is 0 Å². The zero-order chi connectivity index (χ0) is 20.5. The van der Waals surface area contributed by atoms with E-state index in [1.165, 1.54) is 11.3 Å². The number of anilines is 1. The number of nitrogens with zero attached hydrogens (tertiary/aromatic N) is 2. The van der Waals surface area contributed by atoms with Gasteiger partial charge in [0.05, 0.1) is 7.11 Å². The number of aromatic nitrogens is 2. The Bertz CT molecular complexity index is 776. The fraction of sp³-hybridized carbons (Fsp3) is 0.500. The molecule has 0 radical (unpaired) electrons. The van der Waals surface area contributed by atoms with Crippen molar-refractivity contribution in [2.75, 3.05) is 12.4 Å². The van der Waals surface area contributed by atoms with Crippen LogP contribution in [-0.2, 0) is 9.59 Å². The minimum atomic E-state index is -0.595. The number of nitrogens with one attached hydrogen (secondary N) is 2. The summed E-state index contributed by atoms with van der Waals surface area (Å²) in [6, 6.07) is 6.88. The van der Waals surface area contributed by atoms with Crippen LogP contribution in [-0.4, -0.2) is 35.2 Å². The second kappa shape index (κ2) is 10.8. The molecule has 0 aliphatic rings. The van der Waals surface area contributed by atoms with E-state index in [9.17, 15) is 9.59 Å². The van der Waals surface area contributed by atoms with Crippen molar-refractivity contribution in [3.05, 3.63) is 24.3 Å². The second-order valence-corrected chi connectivity index (χ2v) is 7.64. The van der Waals surface area contributed by atoms with E-state index in [-0.39, 0.29) is 17.7 Å². The van der Waals surface area contributed by atoms with Gasteiger partial charge in [0.15, 0.2) is 0 Å². The van der Waals surface area contributed by atoms with Crippen LogP contribution in [0.3, 0.4) is 0 Å². The smallest absolute Gasteiger partial charge is 0.249 e. The molecule has 2 aromatic rings. The Balaban J connectivity index is 2.05. The lowest BCUT2D eigenvalue weighted by Gasteiger charge is -2.22. The third kappa shape index (κ3) is 6.02. The van der Waals surface area contributed by atoms with Gasteiger partial charge in [-0.2, -0.15) is 0 Å². The zero-order valence-electron chi connectivity index (χ0n) is 16.8. The Morgan fingerprint density at radius 3 is 2.50 bits per heavy atom. The molecule has 2 N–H and O–H groups in total. The number of unbranched alkanes of at least 4 members (excludes halogenated alkanes) is 1. The lowest BCUT2D eigenvalue weighted by atomic mass is 9.98. The molecule has 0 bridgehead atoms. The van der Waals surface area contributed by atoms with Gasteiger partial charge in [0.2, 0.25) is 16.9 Å². The van der Waals surface area contributed by atoms with E-state index >= 15 is 0 Å². The Kier molecular flexibility index (Phi) is 8.38. The summed E-state index contributed by atoms with van der Waals surface area (Å²) in [5, 5.41) is 15.0. The summed E-state index contributed by atoms with van der Waals surface area (Å²) < 4.78 is 5.15. The normalized spacial score (nSPS) is 12.9. The number of rotatable bonds is 10. The summed E-state index contributed by atoms with van der Waals surface area (Å²) in [4.78, 5) is 24.9. The van der Waals surface area contributed by atoms with Crippen molar-refractivity contribution in [3.63, 3.8) is 0 Å². The van der Waals surface area contributed by atoms with E-state index in [1.54, 1.807) is 7.11 Å². The molecule has 152 valence electrons. The third-order valence-electron chi connectivity index (χ3n) is 4.56. The van der Waals surface area contributed by atoms with Gasteiger partial charge in [-0.1, -0.05) is 44.9 Å². The lowest BCUT2D eigenvalue weighted by molar-refractivity contribution is -0.127. The van der Waals surface area contributed by atoms with E-state index in [0.29, 0.717) is 16.6 Å². The third-order valence-corrected chi connectivity index (χ3v) is 5.45. The van der Waals surface area contributed by atoms with Gasteiger partial charge < -0.3 is 10.1 Å². The van der Waals surface area contributed by atoms with Crippen molar-refractivity contribution >= 4 is 28.3 Å². The summed E-state index contributed by atoms with van der Waals surface area (Å²) in [5.41, 5.74) is 0.894. The first kappa shape index (κ1) is 21.8. The van der Waals surface area contributed by atoms with Crippen molar-refractivity contribution in [1.82, 2.24) is 15.5 Å². The molecule has 7 nitrogen and oxygen atoms in total. The highest BCUT2D eigenvalue weighted by atomic mass is 32.1. The standard InChI is InChI=1S/C20H28N4O3S/c1-5-7-8-16(25)21-17(13(3)6-2)18(26)22-20-24-23-19(28-20)14-9-11-15(27-4)12-10-14/h9-13,17H,5-8H2,1-4H3,(H,21,25)(H,22,24,26)/t13-,17+/m0/s1. The van der Waals surface area contributed by atoms with Crippen molar-refractivity contribution in [1.29, 1.82) is 0 Å². The van der Waals surface area contributed by atoms with Crippen LogP contribution in [0.1, 0.15) is 46.5 Å². The van der Waals surface area contributed by atoms with E-state index in [0.717, 1.165) is 30.6 Å². The van der Waals surface area contributed by atoms with Crippen molar-refractivity contribution in [3.8, 4) is 16.3 Å². The molecule has 1 aromatic heterocycles. The summed E-state index contributed by atoms with van der Waals surface area (Å²) >= 11 is 1.29.